The average molecular weight is 536 g/mol. The molecule has 1 aromatic heterocycles. The van der Waals surface area contributed by atoms with Crippen LogP contribution >= 0.6 is 0 Å². The van der Waals surface area contributed by atoms with Crippen molar-refractivity contribution in [3.05, 3.63) is 82.7 Å². The molecule has 1 amide bonds. The molecule has 8 nitrogen and oxygen atoms in total. The Morgan fingerprint density at radius 1 is 1.00 bits per heavy atom. The second-order valence-corrected chi connectivity index (χ2v) is 10.4. The molecule has 0 atom stereocenters. The first-order valence-electron chi connectivity index (χ1n) is 13.9. The Kier molecular flexibility index (Phi) is 8.20. The van der Waals surface area contributed by atoms with Gasteiger partial charge in [-0.2, -0.15) is 5.26 Å². The molecule has 1 fully saturated rings. The molecule has 2 aromatic carbocycles. The van der Waals surface area contributed by atoms with E-state index in [4.69, 9.17) is 15.1 Å². The standard InChI is InChI=1S/C32H33N5O3/c1-22-10-12-23(13-11-22)31-27(7-3-5-9-30(38)39)34-28-20-24(14-15-26(28)35-31)32(40)37-18-16-36(17-19-37)29-8-4-2-6-25(29)21-33/h4,8,10-15,20H,2-3,5-7,9,16-19H2,1H3,(H,38,39). The van der Waals surface area contributed by atoms with Crippen molar-refractivity contribution in [1.29, 1.82) is 5.26 Å². The molecule has 40 heavy (non-hydrogen) atoms. The Labute approximate surface area is 234 Å². The zero-order chi connectivity index (χ0) is 28.1. The molecule has 1 aliphatic heterocycles. The number of piperazine rings is 1. The molecule has 0 spiro atoms. The number of hydrogen-bond donors (Lipinski definition) is 1. The summed E-state index contributed by atoms with van der Waals surface area (Å²) in [6.07, 6.45) is 7.79. The highest BCUT2D eigenvalue weighted by Gasteiger charge is 2.25. The highest BCUT2D eigenvalue weighted by Crippen LogP contribution is 2.27. The second kappa shape index (κ2) is 12.1. The molecule has 2 aliphatic rings. The van der Waals surface area contributed by atoms with Crippen molar-refractivity contribution in [2.24, 2.45) is 0 Å². The first-order valence-corrected chi connectivity index (χ1v) is 13.9. The Hall–Kier alpha value is -4.51. The molecule has 204 valence electrons. The number of hydrogen-bond acceptors (Lipinski definition) is 6. The number of nitriles is 1. The predicted molar refractivity (Wildman–Crippen MR) is 153 cm³/mol. The van der Waals surface area contributed by atoms with E-state index in [1.807, 2.05) is 60.4 Å². The molecule has 0 unspecified atom stereocenters. The van der Waals surface area contributed by atoms with Crippen LogP contribution in [0.5, 0.6) is 0 Å². The minimum absolute atomic E-state index is 0.0392. The second-order valence-electron chi connectivity index (χ2n) is 10.4. The number of benzene rings is 2. The lowest BCUT2D eigenvalue weighted by Gasteiger charge is -2.37. The fourth-order valence-electron chi connectivity index (χ4n) is 5.30. The number of aromatic nitrogens is 2. The van der Waals surface area contributed by atoms with Crippen molar-refractivity contribution < 1.29 is 14.7 Å². The van der Waals surface area contributed by atoms with Crippen molar-refractivity contribution >= 4 is 22.9 Å². The third kappa shape index (κ3) is 6.04. The van der Waals surface area contributed by atoms with Gasteiger partial charge in [-0.1, -0.05) is 35.9 Å². The summed E-state index contributed by atoms with van der Waals surface area (Å²) in [4.78, 5) is 38.4. The average Bonchev–Trinajstić information content (AvgIpc) is 2.98. The van der Waals surface area contributed by atoms with Gasteiger partial charge in [0.1, 0.15) is 0 Å². The number of carboxylic acids is 1. The largest absolute Gasteiger partial charge is 0.481 e. The van der Waals surface area contributed by atoms with E-state index in [1.165, 1.54) is 0 Å². The summed E-state index contributed by atoms with van der Waals surface area (Å²) in [7, 11) is 0. The number of aryl methyl sites for hydroxylation is 2. The molecule has 5 rings (SSSR count). The third-order valence-corrected chi connectivity index (χ3v) is 7.55. The van der Waals surface area contributed by atoms with E-state index in [9.17, 15) is 14.9 Å². The van der Waals surface area contributed by atoms with Gasteiger partial charge < -0.3 is 14.9 Å². The van der Waals surface area contributed by atoms with Crippen LogP contribution in [0.25, 0.3) is 22.3 Å². The number of unbranched alkanes of at least 4 members (excludes halogenated alkanes) is 1. The van der Waals surface area contributed by atoms with E-state index in [2.05, 4.69) is 17.0 Å². The number of rotatable bonds is 8. The van der Waals surface area contributed by atoms with Gasteiger partial charge >= 0.3 is 5.97 Å². The van der Waals surface area contributed by atoms with E-state index < -0.39 is 5.97 Å². The number of fused-ring (bicyclic) bond motifs is 1. The van der Waals surface area contributed by atoms with Gasteiger partial charge in [0.2, 0.25) is 0 Å². The van der Waals surface area contributed by atoms with Gasteiger partial charge in [-0.3, -0.25) is 9.59 Å². The molecule has 8 heteroatoms. The van der Waals surface area contributed by atoms with E-state index >= 15 is 0 Å². The van der Waals surface area contributed by atoms with E-state index in [-0.39, 0.29) is 12.3 Å². The number of carboxylic acid groups (broad SMARTS) is 1. The number of aliphatic carboxylic acids is 1. The molecule has 0 radical (unpaired) electrons. The number of carbonyl (C=O) groups excluding carboxylic acids is 1. The molecule has 1 aliphatic carbocycles. The monoisotopic (exact) mass is 535 g/mol. The Morgan fingerprint density at radius 3 is 2.50 bits per heavy atom. The maximum atomic E-state index is 13.5. The zero-order valence-corrected chi connectivity index (χ0v) is 22.8. The van der Waals surface area contributed by atoms with Gasteiger partial charge in [-0.25, -0.2) is 9.97 Å². The number of carbonyl (C=O) groups is 2. The zero-order valence-electron chi connectivity index (χ0n) is 22.8. The molecule has 2 heterocycles. The van der Waals surface area contributed by atoms with Crippen LogP contribution in [0.4, 0.5) is 0 Å². The van der Waals surface area contributed by atoms with Gasteiger partial charge in [0, 0.05) is 43.7 Å². The first kappa shape index (κ1) is 27.1. The summed E-state index contributed by atoms with van der Waals surface area (Å²) in [6, 6.07) is 16.0. The van der Waals surface area contributed by atoms with Crippen LogP contribution in [0.3, 0.4) is 0 Å². The van der Waals surface area contributed by atoms with Crippen molar-refractivity contribution in [3.8, 4) is 17.3 Å². The van der Waals surface area contributed by atoms with E-state index in [1.54, 1.807) is 0 Å². The number of nitrogens with zero attached hydrogens (tertiary/aromatic N) is 5. The Morgan fingerprint density at radius 2 is 1.77 bits per heavy atom. The summed E-state index contributed by atoms with van der Waals surface area (Å²) < 4.78 is 0. The normalized spacial score (nSPS) is 15.4. The highest BCUT2D eigenvalue weighted by atomic mass is 16.4. The van der Waals surface area contributed by atoms with Crippen molar-refractivity contribution in [3.63, 3.8) is 0 Å². The third-order valence-electron chi connectivity index (χ3n) is 7.55. The van der Waals surface area contributed by atoms with Crippen molar-refractivity contribution in [2.45, 2.75) is 45.4 Å². The first-order chi connectivity index (χ1) is 19.4. The quantitative estimate of drug-likeness (QED) is 0.390. The van der Waals surface area contributed by atoms with Crippen LogP contribution in [0.1, 0.15) is 53.7 Å². The minimum atomic E-state index is -0.801. The van der Waals surface area contributed by atoms with Gasteiger partial charge in [0.25, 0.3) is 5.91 Å². The Balaban J connectivity index is 1.36. The molecular weight excluding hydrogens is 502 g/mol. The van der Waals surface area contributed by atoms with Gasteiger partial charge in [0.05, 0.1) is 39.8 Å². The lowest BCUT2D eigenvalue weighted by atomic mass is 10.0. The van der Waals surface area contributed by atoms with Crippen LogP contribution in [-0.2, 0) is 11.2 Å². The molecule has 0 bridgehead atoms. The molecular formula is C32H33N5O3. The summed E-state index contributed by atoms with van der Waals surface area (Å²) >= 11 is 0. The van der Waals surface area contributed by atoms with Crippen LogP contribution in [0, 0.1) is 18.3 Å². The van der Waals surface area contributed by atoms with Crippen LogP contribution in [0.2, 0.25) is 0 Å². The van der Waals surface area contributed by atoms with Crippen molar-refractivity contribution in [1.82, 2.24) is 19.8 Å². The number of allylic oxidation sites excluding steroid dienone is 3. The van der Waals surface area contributed by atoms with Crippen LogP contribution in [-0.4, -0.2) is 62.9 Å². The SMILES string of the molecule is Cc1ccc(-c2nc3ccc(C(=O)N4CCN(C5=C(C#N)CCC=C5)CC4)cc3nc2CCCCC(=O)O)cc1. The van der Waals surface area contributed by atoms with Crippen LogP contribution in [0.15, 0.2) is 65.9 Å². The lowest BCUT2D eigenvalue weighted by molar-refractivity contribution is -0.137. The van der Waals surface area contributed by atoms with Crippen molar-refractivity contribution in [2.75, 3.05) is 26.2 Å². The fourth-order valence-corrected chi connectivity index (χ4v) is 5.30. The molecule has 1 N–H and O–H groups in total. The predicted octanol–water partition coefficient (Wildman–Crippen LogP) is 5.29. The van der Waals surface area contributed by atoms with E-state index in [0.29, 0.717) is 62.0 Å². The van der Waals surface area contributed by atoms with Gasteiger partial charge in [-0.15, -0.1) is 0 Å². The minimum Gasteiger partial charge on any atom is -0.481 e. The van der Waals surface area contributed by atoms with Gasteiger partial charge in [-0.05, 0) is 63.3 Å². The molecule has 3 aromatic rings. The highest BCUT2D eigenvalue weighted by molar-refractivity contribution is 5.97. The smallest absolute Gasteiger partial charge is 0.303 e. The van der Waals surface area contributed by atoms with Crippen LogP contribution < -0.4 is 0 Å². The Bertz CT molecular complexity index is 1530. The molecule has 0 saturated carbocycles. The summed E-state index contributed by atoms with van der Waals surface area (Å²) in [5.74, 6) is -0.840. The summed E-state index contributed by atoms with van der Waals surface area (Å²) in [5.41, 5.74) is 7.47. The fraction of sp³-hybridized carbons (Fsp3) is 0.344. The molecule has 1 saturated heterocycles. The van der Waals surface area contributed by atoms with Gasteiger partial charge in [0.15, 0.2) is 0 Å². The maximum absolute atomic E-state index is 13.5. The number of amides is 1. The topological polar surface area (TPSA) is 110 Å². The lowest BCUT2D eigenvalue weighted by Crippen LogP contribution is -2.48. The maximum Gasteiger partial charge on any atom is 0.303 e. The summed E-state index contributed by atoms with van der Waals surface area (Å²) in [6.45, 7) is 4.57. The van der Waals surface area contributed by atoms with E-state index in [0.717, 1.165) is 46.6 Å². The summed E-state index contributed by atoms with van der Waals surface area (Å²) in [5, 5.41) is 18.5.